The van der Waals surface area contributed by atoms with Gasteiger partial charge in [-0.25, -0.2) is 4.68 Å². The number of para-hydroxylation sites is 1. The number of carbonyl (C=O) groups excluding carboxylic acids is 6. The zero-order valence-corrected chi connectivity index (χ0v) is 36.5. The predicted molar refractivity (Wildman–Crippen MR) is 247 cm³/mol. The number of piperidine rings is 3. The van der Waals surface area contributed by atoms with Gasteiger partial charge >= 0.3 is 0 Å². The summed E-state index contributed by atoms with van der Waals surface area (Å²) in [6.45, 7) is 4.70. The molecule has 16 nitrogen and oxygen atoms in total. The summed E-state index contributed by atoms with van der Waals surface area (Å²) in [4.78, 5) is 83.2. The fraction of sp³-hybridized carbons (Fsp3) is 0.340. The molecule has 5 aromatic rings. The minimum Gasteiger partial charge on any atom is -0.457 e. The van der Waals surface area contributed by atoms with Crippen molar-refractivity contribution < 1.29 is 33.5 Å². The van der Waals surface area contributed by atoms with Gasteiger partial charge < -0.3 is 41.0 Å². The zero-order valence-electron chi connectivity index (χ0n) is 36.5. The molecule has 5 aliphatic heterocycles. The summed E-state index contributed by atoms with van der Waals surface area (Å²) < 4.78 is 7.72. The van der Waals surface area contributed by atoms with Crippen LogP contribution in [0.3, 0.4) is 0 Å². The van der Waals surface area contributed by atoms with Gasteiger partial charge in [-0.15, -0.1) is 0 Å². The van der Waals surface area contributed by atoms with E-state index in [9.17, 15) is 28.8 Å². The number of benzene rings is 4. The molecule has 1 unspecified atom stereocenters. The highest BCUT2D eigenvalue weighted by atomic mass is 16.5. The number of nitrogens with two attached hydrogens (primary N) is 1. The Bertz CT molecular complexity index is 2730. The second kappa shape index (κ2) is 17.6. The lowest BCUT2D eigenvalue weighted by Gasteiger charge is -2.38. The van der Waals surface area contributed by atoms with Crippen molar-refractivity contribution in [3.63, 3.8) is 0 Å². The van der Waals surface area contributed by atoms with Crippen molar-refractivity contribution >= 4 is 58.7 Å². The van der Waals surface area contributed by atoms with Gasteiger partial charge in [0.15, 0.2) is 0 Å². The molecule has 0 spiro atoms. The minimum atomic E-state index is -1.38. The van der Waals surface area contributed by atoms with Crippen LogP contribution in [-0.2, 0) is 27.3 Å². The van der Waals surface area contributed by atoms with E-state index in [1.807, 2.05) is 78.9 Å². The van der Waals surface area contributed by atoms with Crippen LogP contribution in [-0.4, -0.2) is 100 Å². The summed E-state index contributed by atoms with van der Waals surface area (Å²) in [5.41, 5.74) is 10.1. The third kappa shape index (κ3) is 8.16. The van der Waals surface area contributed by atoms with Crippen LogP contribution in [0.2, 0.25) is 0 Å². The van der Waals surface area contributed by atoms with Crippen molar-refractivity contribution in [1.29, 1.82) is 0 Å². The number of hydrogen-bond donors (Lipinski definition) is 4. The van der Waals surface area contributed by atoms with Gasteiger partial charge in [0.25, 0.3) is 17.7 Å². The normalized spacial score (nSPS) is 20.1. The molecule has 1 atom stereocenters. The van der Waals surface area contributed by atoms with Crippen LogP contribution in [0.15, 0.2) is 91.0 Å². The number of anilines is 4. The van der Waals surface area contributed by atoms with Crippen molar-refractivity contribution in [2.24, 2.45) is 17.6 Å². The van der Waals surface area contributed by atoms with Gasteiger partial charge in [-0.05, 0) is 136 Å². The summed E-state index contributed by atoms with van der Waals surface area (Å²) in [5.74, 6) is 0.542. The third-order valence-corrected chi connectivity index (χ3v) is 13.9. The maximum Gasteiger partial charge on any atom is 0.262 e. The van der Waals surface area contributed by atoms with Crippen LogP contribution in [0.4, 0.5) is 22.9 Å². The highest BCUT2D eigenvalue weighted by Crippen LogP contribution is 2.38. The molecule has 5 aliphatic rings. The molecule has 5 N–H and O–H groups in total. The minimum absolute atomic E-state index is 0.0164. The van der Waals surface area contributed by atoms with Crippen LogP contribution < -0.4 is 31.3 Å². The summed E-state index contributed by atoms with van der Waals surface area (Å²) in [6, 6.07) is 28.0. The maximum absolute atomic E-state index is 13.6. The van der Waals surface area contributed by atoms with Crippen molar-refractivity contribution in [2.45, 2.75) is 57.0 Å². The highest BCUT2D eigenvalue weighted by molar-refractivity contribution is 6.23. The first kappa shape index (κ1) is 42.6. The molecule has 16 heteroatoms. The second-order valence-electron chi connectivity index (χ2n) is 18.0. The van der Waals surface area contributed by atoms with Crippen LogP contribution in [0.1, 0.15) is 75.2 Å². The van der Waals surface area contributed by atoms with Gasteiger partial charge in [0, 0.05) is 67.7 Å². The first-order valence-electron chi connectivity index (χ1n) is 22.7. The predicted octanol–water partition coefficient (Wildman–Crippen LogP) is 5.75. The molecule has 66 heavy (non-hydrogen) atoms. The van der Waals surface area contributed by atoms with E-state index >= 15 is 0 Å². The van der Waals surface area contributed by atoms with E-state index in [2.05, 4.69) is 25.8 Å². The molecule has 3 fully saturated rings. The molecular formula is C50H51N9O7. The van der Waals surface area contributed by atoms with E-state index in [0.717, 1.165) is 97.2 Å². The van der Waals surface area contributed by atoms with E-state index in [-0.39, 0.29) is 42.7 Å². The number of amides is 5. The lowest BCUT2D eigenvalue weighted by Crippen LogP contribution is -2.61. The average Bonchev–Trinajstić information content (AvgIpc) is 3.76. The van der Waals surface area contributed by atoms with E-state index in [1.165, 1.54) is 0 Å². The summed E-state index contributed by atoms with van der Waals surface area (Å²) in [5, 5.41) is 14.1. The van der Waals surface area contributed by atoms with Gasteiger partial charge in [0.2, 0.25) is 11.8 Å². The van der Waals surface area contributed by atoms with E-state index in [1.54, 1.807) is 16.8 Å². The number of rotatable bonds is 11. The summed E-state index contributed by atoms with van der Waals surface area (Å²) >= 11 is 0. The number of nitrogens with one attached hydrogen (secondary N) is 3. The Kier molecular flexibility index (Phi) is 11.3. The molecule has 1 aromatic heterocycles. The number of imide groups is 1. The maximum atomic E-state index is 13.6. The number of likely N-dealkylation sites (tertiary alicyclic amines) is 1. The first-order chi connectivity index (χ1) is 32.1. The molecule has 10 rings (SSSR count). The Labute approximate surface area is 381 Å². The van der Waals surface area contributed by atoms with Gasteiger partial charge in [0.1, 0.15) is 40.4 Å². The van der Waals surface area contributed by atoms with Gasteiger partial charge in [-0.2, -0.15) is 5.10 Å². The largest absolute Gasteiger partial charge is 0.457 e. The standard InChI is InChI=1S/C50H51N9O7/c51-45(62)43-44(32-6-10-38(11-7-32)66-37-4-2-1-3-5-37)55-58-25-19-34-26-35(8-13-41(34)54-46(43)58)53-47(63)33-17-21-56(22-18-33)28-31-15-23-57(24-16-31)36-9-12-39-40(27-36)49(65)59(48(39)64)50(30-60)20-14-42(61)52-29-50/h1-13,26-27,30-31,33,54H,14-25,28-29H2,(H2,51,62)(H,52,61)(H,53,63). The first-order valence-corrected chi connectivity index (χ1v) is 22.7. The van der Waals surface area contributed by atoms with E-state index < -0.39 is 23.3 Å². The van der Waals surface area contributed by atoms with Crippen LogP contribution in [0.25, 0.3) is 11.3 Å². The van der Waals surface area contributed by atoms with Crippen LogP contribution in [0, 0.1) is 11.8 Å². The van der Waals surface area contributed by atoms with Crippen molar-refractivity contribution in [3.8, 4) is 22.8 Å². The zero-order chi connectivity index (χ0) is 45.5. The fourth-order valence-corrected chi connectivity index (χ4v) is 10.1. The molecule has 3 saturated heterocycles. The molecule has 4 aromatic carbocycles. The van der Waals surface area contributed by atoms with E-state index in [4.69, 9.17) is 15.6 Å². The molecule has 0 aliphatic carbocycles. The number of carbonyl (C=O) groups is 6. The number of aryl methyl sites for hydroxylation is 2. The molecule has 6 heterocycles. The number of aromatic nitrogens is 2. The Morgan fingerprint density at radius 1 is 0.833 bits per heavy atom. The second-order valence-corrected chi connectivity index (χ2v) is 18.0. The fourth-order valence-electron chi connectivity index (χ4n) is 10.1. The van der Waals surface area contributed by atoms with Crippen LogP contribution in [0.5, 0.6) is 11.5 Å². The summed E-state index contributed by atoms with van der Waals surface area (Å²) in [7, 11) is 0. The Hall–Kier alpha value is -7.33. The molecule has 0 saturated carbocycles. The molecule has 0 radical (unpaired) electrons. The molecule has 5 amide bonds. The lowest BCUT2D eigenvalue weighted by atomic mass is 9.89. The summed E-state index contributed by atoms with van der Waals surface area (Å²) in [6.07, 6.45) is 4.92. The third-order valence-electron chi connectivity index (χ3n) is 13.9. The number of aldehydes is 1. The van der Waals surface area contributed by atoms with Gasteiger partial charge in [0.05, 0.1) is 11.1 Å². The Morgan fingerprint density at radius 3 is 2.29 bits per heavy atom. The number of ether oxygens (including phenoxy) is 1. The smallest absolute Gasteiger partial charge is 0.262 e. The number of nitrogens with zero attached hydrogens (tertiary/aromatic N) is 5. The number of fused-ring (bicyclic) bond motifs is 3. The highest BCUT2D eigenvalue weighted by Gasteiger charge is 2.51. The number of hydrogen-bond acceptors (Lipinski definition) is 11. The quantitative estimate of drug-likeness (QED) is 0.0930. The van der Waals surface area contributed by atoms with Crippen molar-refractivity contribution in [1.82, 2.24) is 24.9 Å². The number of primary amides is 1. The Balaban J connectivity index is 0.704. The molecular weight excluding hydrogens is 839 g/mol. The topological polar surface area (TPSA) is 201 Å². The molecule has 338 valence electrons. The SMILES string of the molecule is NC(=O)c1c(-c2ccc(Oc3ccccc3)cc2)nn2c1Nc1ccc(NC(=O)C3CCN(CC4CCN(c5ccc6c(c5)C(=O)N(C5(C=O)CCC(=O)NC5)C6=O)CC4)CC3)cc1CC2. The van der Waals surface area contributed by atoms with Crippen LogP contribution >= 0.6 is 0 Å². The van der Waals surface area contributed by atoms with Crippen molar-refractivity contribution in [2.75, 3.05) is 54.8 Å². The monoisotopic (exact) mass is 889 g/mol. The van der Waals surface area contributed by atoms with Gasteiger partial charge in [-0.1, -0.05) is 18.2 Å². The van der Waals surface area contributed by atoms with Gasteiger partial charge in [-0.3, -0.25) is 28.9 Å². The molecule has 0 bridgehead atoms. The lowest BCUT2D eigenvalue weighted by molar-refractivity contribution is -0.127. The average molecular weight is 890 g/mol. The van der Waals surface area contributed by atoms with E-state index in [0.29, 0.717) is 53.6 Å². The van der Waals surface area contributed by atoms with Crippen molar-refractivity contribution in [3.05, 3.63) is 113 Å². The Morgan fingerprint density at radius 2 is 1.58 bits per heavy atom.